The van der Waals surface area contributed by atoms with E-state index in [0.29, 0.717) is 6.04 Å². The highest BCUT2D eigenvalue weighted by Crippen LogP contribution is 2.14. The summed E-state index contributed by atoms with van der Waals surface area (Å²) in [5.41, 5.74) is 1.01. The Morgan fingerprint density at radius 3 is 2.83 bits per heavy atom. The van der Waals surface area contributed by atoms with Gasteiger partial charge in [-0.3, -0.25) is 4.90 Å². The minimum absolute atomic E-state index is 0.607. The SMILES string of the molecule is Cc1nc(CN2CCNC(CC(C)C)C2)oc1C. The first-order valence-corrected chi connectivity index (χ1v) is 6.93. The van der Waals surface area contributed by atoms with E-state index < -0.39 is 0 Å². The van der Waals surface area contributed by atoms with Gasteiger partial charge in [-0.2, -0.15) is 0 Å². The van der Waals surface area contributed by atoms with Crippen molar-refractivity contribution in [3.8, 4) is 0 Å². The maximum atomic E-state index is 5.66. The molecule has 2 heterocycles. The van der Waals surface area contributed by atoms with E-state index in [4.69, 9.17) is 4.42 Å². The van der Waals surface area contributed by atoms with Crippen molar-refractivity contribution in [2.75, 3.05) is 19.6 Å². The maximum Gasteiger partial charge on any atom is 0.208 e. The van der Waals surface area contributed by atoms with Crippen LogP contribution in [0.15, 0.2) is 4.42 Å². The van der Waals surface area contributed by atoms with Crippen LogP contribution < -0.4 is 5.32 Å². The van der Waals surface area contributed by atoms with E-state index in [9.17, 15) is 0 Å². The van der Waals surface area contributed by atoms with Crippen LogP contribution in [0.4, 0.5) is 0 Å². The molecule has 1 atom stereocenters. The van der Waals surface area contributed by atoms with Gasteiger partial charge in [0.1, 0.15) is 5.76 Å². The van der Waals surface area contributed by atoms with Crippen molar-refractivity contribution in [1.29, 1.82) is 0 Å². The number of nitrogens with one attached hydrogen (secondary N) is 1. The zero-order valence-corrected chi connectivity index (χ0v) is 12.0. The molecule has 0 amide bonds. The smallest absolute Gasteiger partial charge is 0.208 e. The average Bonchev–Trinajstić information content (AvgIpc) is 2.57. The highest BCUT2D eigenvalue weighted by Gasteiger charge is 2.21. The Labute approximate surface area is 110 Å². The number of rotatable bonds is 4. The van der Waals surface area contributed by atoms with E-state index in [2.05, 4.69) is 29.0 Å². The molecule has 1 aromatic rings. The van der Waals surface area contributed by atoms with Gasteiger partial charge in [0.05, 0.1) is 12.2 Å². The fraction of sp³-hybridized carbons (Fsp3) is 0.786. The van der Waals surface area contributed by atoms with Crippen molar-refractivity contribution >= 4 is 0 Å². The molecule has 1 aromatic heterocycles. The molecule has 0 bridgehead atoms. The number of hydrogen-bond donors (Lipinski definition) is 1. The Kier molecular flexibility index (Phi) is 4.40. The molecule has 0 saturated carbocycles. The van der Waals surface area contributed by atoms with E-state index in [0.717, 1.165) is 49.4 Å². The Bertz CT molecular complexity index is 367. The van der Waals surface area contributed by atoms with Gasteiger partial charge in [-0.1, -0.05) is 13.8 Å². The lowest BCUT2D eigenvalue weighted by Crippen LogP contribution is -2.50. The Morgan fingerprint density at radius 1 is 1.44 bits per heavy atom. The second kappa shape index (κ2) is 5.85. The van der Waals surface area contributed by atoms with E-state index in [-0.39, 0.29) is 0 Å². The summed E-state index contributed by atoms with van der Waals surface area (Å²) in [5.74, 6) is 2.54. The first kappa shape index (κ1) is 13.6. The third kappa shape index (κ3) is 3.56. The van der Waals surface area contributed by atoms with E-state index in [1.165, 1.54) is 6.42 Å². The van der Waals surface area contributed by atoms with Crippen molar-refractivity contribution in [1.82, 2.24) is 15.2 Å². The van der Waals surface area contributed by atoms with Gasteiger partial charge in [0, 0.05) is 25.7 Å². The molecular formula is C14H25N3O. The molecule has 0 radical (unpaired) electrons. The van der Waals surface area contributed by atoms with E-state index in [1.54, 1.807) is 0 Å². The third-order valence-corrected chi connectivity index (χ3v) is 3.53. The summed E-state index contributed by atoms with van der Waals surface area (Å²) in [6, 6.07) is 0.607. The Balaban J connectivity index is 1.89. The molecule has 4 heteroatoms. The van der Waals surface area contributed by atoms with Crippen LogP contribution in [-0.2, 0) is 6.54 Å². The molecule has 0 spiro atoms. The minimum atomic E-state index is 0.607. The summed E-state index contributed by atoms with van der Waals surface area (Å²) in [5, 5.41) is 3.59. The molecule has 1 N–H and O–H groups in total. The van der Waals surface area contributed by atoms with Crippen LogP contribution >= 0.6 is 0 Å². The quantitative estimate of drug-likeness (QED) is 0.890. The molecule has 1 saturated heterocycles. The third-order valence-electron chi connectivity index (χ3n) is 3.53. The number of piperazine rings is 1. The zero-order valence-electron chi connectivity index (χ0n) is 12.0. The summed E-state index contributed by atoms with van der Waals surface area (Å²) in [6.07, 6.45) is 1.24. The molecule has 0 aromatic carbocycles. The van der Waals surface area contributed by atoms with Gasteiger partial charge in [0.2, 0.25) is 5.89 Å². The predicted octanol–water partition coefficient (Wildman–Crippen LogP) is 2.11. The molecule has 18 heavy (non-hydrogen) atoms. The summed E-state index contributed by atoms with van der Waals surface area (Å²) < 4.78 is 5.66. The van der Waals surface area contributed by atoms with Gasteiger partial charge in [0.15, 0.2) is 0 Å². The Hall–Kier alpha value is -0.870. The number of hydrogen-bond acceptors (Lipinski definition) is 4. The van der Waals surface area contributed by atoms with Gasteiger partial charge >= 0.3 is 0 Å². The predicted molar refractivity (Wildman–Crippen MR) is 72.5 cm³/mol. The first-order chi connectivity index (χ1) is 8.54. The van der Waals surface area contributed by atoms with E-state index >= 15 is 0 Å². The highest BCUT2D eigenvalue weighted by atomic mass is 16.4. The van der Waals surface area contributed by atoms with Gasteiger partial charge in [-0.25, -0.2) is 4.98 Å². The van der Waals surface area contributed by atoms with E-state index in [1.807, 2.05) is 13.8 Å². The van der Waals surface area contributed by atoms with Gasteiger partial charge in [-0.05, 0) is 26.2 Å². The standard InChI is InChI=1S/C14H25N3O/c1-10(2)7-13-8-17(6-5-15-13)9-14-16-11(3)12(4)18-14/h10,13,15H,5-9H2,1-4H3. The van der Waals surface area contributed by atoms with Crippen molar-refractivity contribution in [3.63, 3.8) is 0 Å². The molecule has 1 aliphatic heterocycles. The number of aryl methyl sites for hydroxylation is 2. The lowest BCUT2D eigenvalue weighted by molar-refractivity contribution is 0.166. The van der Waals surface area contributed by atoms with Crippen LogP contribution in [-0.4, -0.2) is 35.6 Å². The fourth-order valence-electron chi connectivity index (χ4n) is 2.56. The molecule has 4 nitrogen and oxygen atoms in total. The normalized spacial score (nSPS) is 21.7. The summed E-state index contributed by atoms with van der Waals surface area (Å²) in [7, 11) is 0. The van der Waals surface area contributed by atoms with Crippen LogP contribution in [0.5, 0.6) is 0 Å². The van der Waals surface area contributed by atoms with Crippen molar-refractivity contribution in [2.24, 2.45) is 5.92 Å². The topological polar surface area (TPSA) is 41.3 Å². The number of nitrogens with zero attached hydrogens (tertiary/aromatic N) is 2. The monoisotopic (exact) mass is 251 g/mol. The number of aromatic nitrogens is 1. The minimum Gasteiger partial charge on any atom is -0.444 e. The molecular weight excluding hydrogens is 226 g/mol. The average molecular weight is 251 g/mol. The molecule has 1 fully saturated rings. The largest absolute Gasteiger partial charge is 0.444 e. The molecule has 102 valence electrons. The second-order valence-corrected chi connectivity index (χ2v) is 5.76. The van der Waals surface area contributed by atoms with Crippen molar-refractivity contribution in [2.45, 2.75) is 46.7 Å². The van der Waals surface area contributed by atoms with Crippen LogP contribution in [0.25, 0.3) is 0 Å². The molecule has 2 rings (SSSR count). The maximum absolute atomic E-state index is 5.66. The van der Waals surface area contributed by atoms with Crippen molar-refractivity contribution in [3.05, 3.63) is 17.3 Å². The second-order valence-electron chi connectivity index (χ2n) is 5.76. The van der Waals surface area contributed by atoms with Gasteiger partial charge in [-0.15, -0.1) is 0 Å². The van der Waals surface area contributed by atoms with Gasteiger partial charge < -0.3 is 9.73 Å². The summed E-state index contributed by atoms with van der Waals surface area (Å²) in [4.78, 5) is 6.90. The summed E-state index contributed by atoms with van der Waals surface area (Å²) in [6.45, 7) is 12.6. The van der Waals surface area contributed by atoms with Gasteiger partial charge in [0.25, 0.3) is 0 Å². The summed E-state index contributed by atoms with van der Waals surface area (Å²) >= 11 is 0. The van der Waals surface area contributed by atoms with Crippen LogP contribution in [0, 0.1) is 19.8 Å². The number of oxazole rings is 1. The lowest BCUT2D eigenvalue weighted by atomic mass is 10.0. The van der Waals surface area contributed by atoms with Crippen LogP contribution in [0.1, 0.15) is 37.6 Å². The first-order valence-electron chi connectivity index (χ1n) is 6.93. The molecule has 1 unspecified atom stereocenters. The lowest BCUT2D eigenvalue weighted by Gasteiger charge is -2.33. The van der Waals surface area contributed by atoms with Crippen LogP contribution in [0.3, 0.4) is 0 Å². The highest BCUT2D eigenvalue weighted by molar-refractivity contribution is 5.05. The van der Waals surface area contributed by atoms with Crippen LogP contribution in [0.2, 0.25) is 0 Å². The fourth-order valence-corrected chi connectivity index (χ4v) is 2.56. The Morgan fingerprint density at radius 2 is 2.22 bits per heavy atom. The molecule has 1 aliphatic rings. The zero-order chi connectivity index (χ0) is 13.1. The molecule has 0 aliphatic carbocycles. The van der Waals surface area contributed by atoms with Crippen molar-refractivity contribution < 1.29 is 4.42 Å².